The Morgan fingerprint density at radius 2 is 1.52 bits per heavy atom. The summed E-state index contributed by atoms with van der Waals surface area (Å²) in [4.78, 5) is 0. The first-order chi connectivity index (χ1) is 10.1. The van der Waals surface area contributed by atoms with Crippen LogP contribution >= 0.6 is 0 Å². The molecule has 0 aliphatic heterocycles. The van der Waals surface area contributed by atoms with Gasteiger partial charge in [-0.1, -0.05) is 12.1 Å². The van der Waals surface area contributed by atoms with Crippen molar-refractivity contribution in [1.29, 1.82) is 0 Å². The van der Waals surface area contributed by atoms with Crippen molar-refractivity contribution in [3.05, 3.63) is 48.0 Å². The summed E-state index contributed by atoms with van der Waals surface area (Å²) in [6.07, 6.45) is 0. The second-order valence-electron chi connectivity index (χ2n) is 4.15. The van der Waals surface area contributed by atoms with Gasteiger partial charge in [0.15, 0.2) is 23.1 Å². The number of ether oxygens (including phenoxy) is 3. The molecular formula is C15H15F2NO3. The largest absolute Gasteiger partial charge is 0.493 e. The quantitative estimate of drug-likeness (QED) is 0.657. The Morgan fingerprint density at radius 3 is 2.19 bits per heavy atom. The van der Waals surface area contributed by atoms with E-state index in [1.807, 2.05) is 6.07 Å². The molecule has 0 spiro atoms. The van der Waals surface area contributed by atoms with Crippen molar-refractivity contribution >= 4 is 5.69 Å². The molecule has 0 aromatic heterocycles. The lowest BCUT2D eigenvalue weighted by Crippen LogP contribution is -2.10. The van der Waals surface area contributed by atoms with Crippen LogP contribution in [-0.2, 0) is 0 Å². The molecule has 4 nitrogen and oxygen atoms in total. The second kappa shape index (κ2) is 6.78. The highest BCUT2D eigenvalue weighted by Gasteiger charge is 2.09. The highest BCUT2D eigenvalue weighted by atomic mass is 19.1. The van der Waals surface area contributed by atoms with E-state index >= 15 is 0 Å². The molecule has 0 bridgehead atoms. The van der Waals surface area contributed by atoms with Crippen molar-refractivity contribution in [3.8, 4) is 17.2 Å². The number of para-hydroxylation sites is 2. The third-order valence-corrected chi connectivity index (χ3v) is 2.72. The van der Waals surface area contributed by atoms with Gasteiger partial charge >= 0.3 is 0 Å². The molecular weight excluding hydrogens is 280 g/mol. The van der Waals surface area contributed by atoms with E-state index in [1.54, 1.807) is 18.2 Å². The van der Waals surface area contributed by atoms with Gasteiger partial charge in [0.2, 0.25) is 0 Å². The van der Waals surface area contributed by atoms with E-state index in [1.165, 1.54) is 7.11 Å². The van der Waals surface area contributed by atoms with Gasteiger partial charge in [0.05, 0.1) is 12.8 Å². The minimum atomic E-state index is -0.725. The van der Waals surface area contributed by atoms with Crippen molar-refractivity contribution in [3.63, 3.8) is 0 Å². The molecule has 6 heteroatoms. The van der Waals surface area contributed by atoms with E-state index in [2.05, 4.69) is 0 Å². The molecule has 2 aromatic rings. The van der Waals surface area contributed by atoms with Crippen molar-refractivity contribution in [1.82, 2.24) is 0 Å². The second-order valence-corrected chi connectivity index (χ2v) is 4.15. The van der Waals surface area contributed by atoms with Crippen molar-refractivity contribution in [2.24, 2.45) is 0 Å². The van der Waals surface area contributed by atoms with Gasteiger partial charge in [-0.3, -0.25) is 0 Å². The van der Waals surface area contributed by atoms with Crippen LogP contribution in [0, 0.1) is 11.6 Å². The summed E-state index contributed by atoms with van der Waals surface area (Å²) < 4.78 is 42.4. The van der Waals surface area contributed by atoms with Crippen LogP contribution in [0.15, 0.2) is 36.4 Å². The van der Waals surface area contributed by atoms with Crippen LogP contribution in [0.4, 0.5) is 14.5 Å². The molecule has 0 saturated carbocycles. The number of methoxy groups -OCH3 is 1. The first-order valence-corrected chi connectivity index (χ1v) is 6.25. The Hall–Kier alpha value is -2.50. The number of benzene rings is 2. The first-order valence-electron chi connectivity index (χ1n) is 6.25. The molecule has 0 aliphatic rings. The number of rotatable bonds is 6. The molecule has 0 amide bonds. The molecule has 112 valence electrons. The lowest BCUT2D eigenvalue weighted by atomic mass is 10.3. The average Bonchev–Trinajstić information content (AvgIpc) is 2.49. The van der Waals surface area contributed by atoms with E-state index in [9.17, 15) is 8.78 Å². The van der Waals surface area contributed by atoms with Crippen LogP contribution in [0.1, 0.15) is 0 Å². The van der Waals surface area contributed by atoms with E-state index < -0.39 is 11.6 Å². The predicted molar refractivity (Wildman–Crippen MR) is 74.8 cm³/mol. The number of nitrogens with two attached hydrogens (primary N) is 1. The molecule has 0 atom stereocenters. The molecule has 2 N–H and O–H groups in total. The van der Waals surface area contributed by atoms with E-state index in [-0.39, 0.29) is 24.7 Å². The van der Waals surface area contributed by atoms with Gasteiger partial charge in [-0.2, -0.15) is 0 Å². The number of hydrogen-bond donors (Lipinski definition) is 1. The SMILES string of the molecule is COc1ccccc1OCCOc1cc(F)c(N)cc1F. The number of anilines is 1. The summed E-state index contributed by atoms with van der Waals surface area (Å²) in [6, 6.07) is 8.90. The minimum absolute atomic E-state index is 0.0539. The van der Waals surface area contributed by atoms with Gasteiger partial charge < -0.3 is 19.9 Å². The third kappa shape index (κ3) is 3.75. The monoisotopic (exact) mass is 295 g/mol. The van der Waals surface area contributed by atoms with E-state index in [4.69, 9.17) is 19.9 Å². The smallest absolute Gasteiger partial charge is 0.167 e. The third-order valence-electron chi connectivity index (χ3n) is 2.72. The maximum atomic E-state index is 13.5. The van der Waals surface area contributed by atoms with Gasteiger partial charge in [-0.05, 0) is 12.1 Å². The van der Waals surface area contributed by atoms with Crippen molar-refractivity contribution < 1.29 is 23.0 Å². The summed E-state index contributed by atoms with van der Waals surface area (Å²) >= 11 is 0. The highest BCUT2D eigenvalue weighted by molar-refractivity contribution is 5.44. The van der Waals surface area contributed by atoms with Crippen LogP contribution in [0.3, 0.4) is 0 Å². The normalized spacial score (nSPS) is 10.2. The lowest BCUT2D eigenvalue weighted by molar-refractivity contribution is 0.205. The standard InChI is InChI=1S/C15H15F2NO3/c1-19-13-4-2-3-5-14(13)20-6-7-21-15-9-10(16)12(18)8-11(15)17/h2-5,8-9H,6-7,18H2,1H3. The van der Waals surface area contributed by atoms with Crippen LogP contribution < -0.4 is 19.9 Å². The summed E-state index contributed by atoms with van der Waals surface area (Å²) in [5, 5.41) is 0. The molecule has 0 heterocycles. The summed E-state index contributed by atoms with van der Waals surface area (Å²) in [6.45, 7) is 0.212. The molecule has 0 unspecified atom stereocenters. The fourth-order valence-corrected chi connectivity index (χ4v) is 1.70. The van der Waals surface area contributed by atoms with Gasteiger partial charge in [0.25, 0.3) is 0 Å². The fourth-order valence-electron chi connectivity index (χ4n) is 1.70. The molecule has 0 radical (unpaired) electrons. The van der Waals surface area contributed by atoms with E-state index in [0.717, 1.165) is 12.1 Å². The highest BCUT2D eigenvalue weighted by Crippen LogP contribution is 2.26. The Bertz CT molecular complexity index is 620. The topological polar surface area (TPSA) is 53.7 Å². The number of halogens is 2. The van der Waals surface area contributed by atoms with Gasteiger partial charge in [0, 0.05) is 12.1 Å². The van der Waals surface area contributed by atoms with Gasteiger partial charge in [-0.15, -0.1) is 0 Å². The zero-order valence-electron chi connectivity index (χ0n) is 11.4. The van der Waals surface area contributed by atoms with Crippen LogP contribution in [0.5, 0.6) is 17.2 Å². The van der Waals surface area contributed by atoms with Crippen LogP contribution in [-0.4, -0.2) is 20.3 Å². The van der Waals surface area contributed by atoms with Crippen LogP contribution in [0.25, 0.3) is 0 Å². The lowest BCUT2D eigenvalue weighted by Gasteiger charge is -2.11. The van der Waals surface area contributed by atoms with E-state index in [0.29, 0.717) is 11.5 Å². The molecule has 0 aliphatic carbocycles. The van der Waals surface area contributed by atoms with Gasteiger partial charge in [0.1, 0.15) is 19.0 Å². The first kappa shape index (κ1) is 14.9. The molecule has 2 rings (SSSR count). The molecule has 0 saturated heterocycles. The minimum Gasteiger partial charge on any atom is -0.493 e. The zero-order valence-corrected chi connectivity index (χ0v) is 11.4. The zero-order chi connectivity index (χ0) is 15.2. The fraction of sp³-hybridized carbons (Fsp3) is 0.200. The number of hydrogen-bond acceptors (Lipinski definition) is 4. The van der Waals surface area contributed by atoms with Gasteiger partial charge in [-0.25, -0.2) is 8.78 Å². The summed E-state index contributed by atoms with van der Waals surface area (Å²) in [5.41, 5.74) is 4.98. The Kier molecular flexibility index (Phi) is 4.81. The Balaban J connectivity index is 1.89. The Labute approximate surface area is 121 Å². The summed E-state index contributed by atoms with van der Waals surface area (Å²) in [5.74, 6) is -0.511. The Morgan fingerprint density at radius 1 is 0.905 bits per heavy atom. The summed E-state index contributed by atoms with van der Waals surface area (Å²) in [7, 11) is 1.53. The molecule has 2 aromatic carbocycles. The maximum absolute atomic E-state index is 13.5. The maximum Gasteiger partial charge on any atom is 0.167 e. The number of nitrogen functional groups attached to an aromatic ring is 1. The average molecular weight is 295 g/mol. The predicted octanol–water partition coefficient (Wildman–Crippen LogP) is 3.01. The molecule has 21 heavy (non-hydrogen) atoms. The van der Waals surface area contributed by atoms with Crippen molar-refractivity contribution in [2.45, 2.75) is 0 Å². The van der Waals surface area contributed by atoms with Crippen molar-refractivity contribution in [2.75, 3.05) is 26.1 Å². The van der Waals surface area contributed by atoms with Crippen LogP contribution in [0.2, 0.25) is 0 Å². The molecule has 0 fully saturated rings.